The molecule has 3 rings (SSSR count). The number of benzene rings is 1. The summed E-state index contributed by atoms with van der Waals surface area (Å²) < 4.78 is 0. The van der Waals surface area contributed by atoms with E-state index in [9.17, 15) is 9.90 Å². The number of nitrogens with one attached hydrogen (secondary N) is 2. The molecule has 1 amide bonds. The Kier molecular flexibility index (Phi) is 6.96. The van der Waals surface area contributed by atoms with Crippen LogP contribution in [-0.4, -0.2) is 72.7 Å². The number of amides is 1. The molecule has 2 heterocycles. The molecule has 0 bridgehead atoms. The smallest absolute Gasteiger partial charge is 0.237 e. The monoisotopic (exact) mass is 388 g/mol. The number of piperidine rings is 1. The van der Waals surface area contributed by atoms with Crippen molar-refractivity contribution in [1.82, 2.24) is 20.4 Å². The van der Waals surface area contributed by atoms with Crippen LogP contribution < -0.4 is 10.6 Å². The van der Waals surface area contributed by atoms with Gasteiger partial charge in [0.05, 0.1) is 6.04 Å². The van der Waals surface area contributed by atoms with Gasteiger partial charge in [0.15, 0.2) is 0 Å². The van der Waals surface area contributed by atoms with Gasteiger partial charge in [-0.2, -0.15) is 0 Å². The molecule has 0 aromatic heterocycles. The summed E-state index contributed by atoms with van der Waals surface area (Å²) in [6.45, 7) is 8.10. The van der Waals surface area contributed by atoms with Gasteiger partial charge in [-0.25, -0.2) is 0 Å². The van der Waals surface area contributed by atoms with Gasteiger partial charge in [0.1, 0.15) is 5.75 Å². The summed E-state index contributed by atoms with van der Waals surface area (Å²) in [4.78, 5) is 17.7. The quantitative estimate of drug-likeness (QED) is 0.690. The van der Waals surface area contributed by atoms with Crippen molar-refractivity contribution in [1.29, 1.82) is 0 Å². The first-order valence-corrected chi connectivity index (χ1v) is 10.6. The Morgan fingerprint density at radius 2 is 2.00 bits per heavy atom. The van der Waals surface area contributed by atoms with Gasteiger partial charge in [-0.1, -0.05) is 19.9 Å². The molecule has 1 unspecified atom stereocenters. The molecule has 0 spiro atoms. The molecule has 3 N–H and O–H groups in total. The molecule has 1 aromatic carbocycles. The van der Waals surface area contributed by atoms with Crippen molar-refractivity contribution in [3.05, 3.63) is 29.3 Å². The Morgan fingerprint density at radius 1 is 1.29 bits per heavy atom. The molecule has 1 fully saturated rings. The van der Waals surface area contributed by atoms with E-state index in [1.165, 1.54) is 12.8 Å². The van der Waals surface area contributed by atoms with Crippen LogP contribution in [0, 0.1) is 5.92 Å². The Bertz CT molecular complexity index is 669. The van der Waals surface area contributed by atoms with E-state index in [4.69, 9.17) is 0 Å². The lowest BCUT2D eigenvalue weighted by Gasteiger charge is -2.38. The SMILES string of the molecule is CC(C)C(CN1CCC(N(C)C)CC1)NC(=O)[C@H]1Cc2ccc(O)cc2CN1. The fourth-order valence-corrected chi connectivity index (χ4v) is 4.29. The first kappa shape index (κ1) is 21.1. The third-order valence-corrected chi connectivity index (χ3v) is 6.34. The standard InChI is InChI=1S/C22H36N4O2/c1-15(2)21(14-26-9-7-18(8-10-26)25(3)4)24-22(28)20-12-16-5-6-19(27)11-17(16)13-23-20/h5-6,11,15,18,20-21,23,27H,7-10,12-14H2,1-4H3,(H,24,28)/t20-,21?/m1/s1. The van der Waals surface area contributed by atoms with Crippen LogP contribution >= 0.6 is 0 Å². The molecule has 1 saturated heterocycles. The zero-order valence-electron chi connectivity index (χ0n) is 17.7. The van der Waals surface area contributed by atoms with Crippen LogP contribution in [0.5, 0.6) is 5.75 Å². The minimum atomic E-state index is -0.210. The van der Waals surface area contributed by atoms with Gasteiger partial charge in [-0.15, -0.1) is 0 Å². The zero-order chi connectivity index (χ0) is 20.3. The van der Waals surface area contributed by atoms with E-state index in [0.29, 0.717) is 24.9 Å². The fraction of sp³-hybridized carbons (Fsp3) is 0.682. The third kappa shape index (κ3) is 5.25. The molecular formula is C22H36N4O2. The summed E-state index contributed by atoms with van der Waals surface area (Å²) in [5.41, 5.74) is 2.22. The van der Waals surface area contributed by atoms with E-state index in [-0.39, 0.29) is 23.7 Å². The lowest BCUT2D eigenvalue weighted by atomic mass is 9.94. The number of nitrogens with zero attached hydrogens (tertiary/aromatic N) is 2. The van der Waals surface area contributed by atoms with Crippen LogP contribution in [0.1, 0.15) is 37.8 Å². The predicted molar refractivity (Wildman–Crippen MR) is 112 cm³/mol. The summed E-state index contributed by atoms with van der Waals surface area (Å²) in [5.74, 6) is 0.755. The second kappa shape index (κ2) is 9.25. The summed E-state index contributed by atoms with van der Waals surface area (Å²) >= 11 is 0. The van der Waals surface area contributed by atoms with Gasteiger partial charge in [-0.05, 0) is 75.6 Å². The number of carbonyl (C=O) groups excluding carboxylic acids is 1. The van der Waals surface area contributed by atoms with Gasteiger partial charge in [0.2, 0.25) is 5.91 Å². The second-order valence-corrected chi connectivity index (χ2v) is 8.95. The van der Waals surface area contributed by atoms with Gasteiger partial charge in [0, 0.05) is 25.2 Å². The van der Waals surface area contributed by atoms with Crippen molar-refractivity contribution in [3.63, 3.8) is 0 Å². The minimum Gasteiger partial charge on any atom is -0.508 e. The number of rotatable bonds is 6. The number of phenols is 1. The molecular weight excluding hydrogens is 352 g/mol. The van der Waals surface area contributed by atoms with Crippen molar-refractivity contribution in [2.45, 2.75) is 57.8 Å². The minimum absolute atomic E-state index is 0.0839. The highest BCUT2D eigenvalue weighted by Gasteiger charge is 2.29. The largest absolute Gasteiger partial charge is 0.508 e. The van der Waals surface area contributed by atoms with Gasteiger partial charge < -0.3 is 25.5 Å². The number of carbonyl (C=O) groups is 1. The van der Waals surface area contributed by atoms with E-state index in [2.05, 4.69) is 48.4 Å². The normalized spacial score (nSPS) is 22.3. The van der Waals surface area contributed by atoms with E-state index in [1.807, 2.05) is 6.07 Å². The molecule has 2 aliphatic rings. The second-order valence-electron chi connectivity index (χ2n) is 8.95. The molecule has 1 aromatic rings. The van der Waals surface area contributed by atoms with E-state index >= 15 is 0 Å². The maximum Gasteiger partial charge on any atom is 0.237 e. The topological polar surface area (TPSA) is 67.8 Å². The molecule has 0 radical (unpaired) electrons. The molecule has 6 heteroatoms. The van der Waals surface area contributed by atoms with Crippen molar-refractivity contribution >= 4 is 5.91 Å². The van der Waals surface area contributed by atoms with Crippen molar-refractivity contribution in [2.24, 2.45) is 5.92 Å². The molecule has 156 valence electrons. The van der Waals surface area contributed by atoms with E-state index < -0.39 is 0 Å². The maximum absolute atomic E-state index is 12.9. The number of hydrogen-bond acceptors (Lipinski definition) is 5. The van der Waals surface area contributed by atoms with Crippen LogP contribution in [0.2, 0.25) is 0 Å². The lowest BCUT2D eigenvalue weighted by molar-refractivity contribution is -0.124. The molecule has 28 heavy (non-hydrogen) atoms. The fourth-order valence-electron chi connectivity index (χ4n) is 4.29. The van der Waals surface area contributed by atoms with Gasteiger partial charge in [0.25, 0.3) is 0 Å². The van der Waals surface area contributed by atoms with Gasteiger partial charge in [-0.3, -0.25) is 4.79 Å². The molecule has 2 atom stereocenters. The Labute approximate surface area is 169 Å². The average Bonchev–Trinajstić information content (AvgIpc) is 2.67. The molecule has 0 saturated carbocycles. The van der Waals surface area contributed by atoms with Crippen LogP contribution in [0.3, 0.4) is 0 Å². The van der Waals surface area contributed by atoms with Crippen LogP contribution in [0.15, 0.2) is 18.2 Å². The van der Waals surface area contributed by atoms with Gasteiger partial charge >= 0.3 is 0 Å². The highest BCUT2D eigenvalue weighted by atomic mass is 16.3. The first-order valence-electron chi connectivity index (χ1n) is 10.6. The van der Waals surface area contributed by atoms with Crippen molar-refractivity contribution in [2.75, 3.05) is 33.7 Å². The predicted octanol–water partition coefficient (Wildman–Crippen LogP) is 1.57. The lowest BCUT2D eigenvalue weighted by Crippen LogP contribution is -2.55. The summed E-state index contributed by atoms with van der Waals surface area (Å²) in [6, 6.07) is 6.04. The Hall–Kier alpha value is -1.63. The number of aromatic hydroxyl groups is 1. The van der Waals surface area contributed by atoms with Crippen LogP contribution in [-0.2, 0) is 17.8 Å². The van der Waals surface area contributed by atoms with Crippen molar-refractivity contribution in [3.8, 4) is 5.75 Å². The highest BCUT2D eigenvalue weighted by molar-refractivity contribution is 5.82. The Balaban J connectivity index is 1.54. The highest BCUT2D eigenvalue weighted by Crippen LogP contribution is 2.22. The van der Waals surface area contributed by atoms with E-state index in [1.54, 1.807) is 12.1 Å². The van der Waals surface area contributed by atoms with Crippen molar-refractivity contribution < 1.29 is 9.90 Å². The summed E-state index contributed by atoms with van der Waals surface area (Å²) in [6.07, 6.45) is 3.06. The molecule has 0 aliphatic carbocycles. The third-order valence-electron chi connectivity index (χ3n) is 6.34. The summed E-state index contributed by atoms with van der Waals surface area (Å²) in [5, 5.41) is 16.3. The number of likely N-dealkylation sites (tertiary alicyclic amines) is 1. The summed E-state index contributed by atoms with van der Waals surface area (Å²) in [7, 11) is 4.32. The molecule has 2 aliphatic heterocycles. The van der Waals surface area contributed by atoms with Crippen LogP contribution in [0.25, 0.3) is 0 Å². The van der Waals surface area contributed by atoms with E-state index in [0.717, 1.165) is 30.8 Å². The molecule has 6 nitrogen and oxygen atoms in total. The first-order chi connectivity index (χ1) is 13.3. The van der Waals surface area contributed by atoms with Crippen LogP contribution in [0.4, 0.5) is 0 Å². The number of hydrogen-bond donors (Lipinski definition) is 3. The Morgan fingerprint density at radius 3 is 2.64 bits per heavy atom. The number of phenolic OH excluding ortho intramolecular Hbond substituents is 1. The zero-order valence-corrected chi connectivity index (χ0v) is 17.7. The maximum atomic E-state index is 12.9. The number of fused-ring (bicyclic) bond motifs is 1. The average molecular weight is 389 g/mol.